The maximum absolute atomic E-state index is 13.3. The highest BCUT2D eigenvalue weighted by molar-refractivity contribution is 7.92. The summed E-state index contributed by atoms with van der Waals surface area (Å²) >= 11 is 0. The Labute approximate surface area is 185 Å². The summed E-state index contributed by atoms with van der Waals surface area (Å²) < 4.78 is 32.8. The number of anilines is 2. The number of carbonyl (C=O) groups excluding carboxylic acids is 1. The van der Waals surface area contributed by atoms with Crippen LogP contribution in [0.2, 0.25) is 0 Å². The molecule has 0 aliphatic rings. The summed E-state index contributed by atoms with van der Waals surface area (Å²) in [6, 6.07) is 18.1. The van der Waals surface area contributed by atoms with Gasteiger partial charge in [0.1, 0.15) is 12.3 Å². The van der Waals surface area contributed by atoms with E-state index in [0.717, 1.165) is 4.31 Å². The first-order valence-electron chi connectivity index (χ1n) is 9.49. The fourth-order valence-electron chi connectivity index (χ4n) is 2.96. The molecule has 3 rings (SSSR count). The van der Waals surface area contributed by atoms with Gasteiger partial charge in [-0.05, 0) is 48.9 Å². The van der Waals surface area contributed by atoms with E-state index >= 15 is 0 Å². The van der Waals surface area contributed by atoms with Crippen molar-refractivity contribution in [3.8, 4) is 5.75 Å². The summed E-state index contributed by atoms with van der Waals surface area (Å²) in [5.41, 5.74) is 0.957. The normalized spacial score (nSPS) is 10.9. The number of nitrogens with zero attached hydrogens (tertiary/aromatic N) is 2. The average Bonchev–Trinajstić information content (AvgIpc) is 2.79. The number of carbonyl (C=O) groups is 1. The van der Waals surface area contributed by atoms with E-state index in [1.165, 1.54) is 49.6 Å². The lowest BCUT2D eigenvalue weighted by Gasteiger charge is -2.24. The number of hydrogen-bond acceptors (Lipinski definition) is 6. The van der Waals surface area contributed by atoms with Crippen molar-refractivity contribution in [2.75, 3.05) is 23.3 Å². The lowest BCUT2D eigenvalue weighted by molar-refractivity contribution is -0.384. The van der Waals surface area contributed by atoms with Crippen LogP contribution in [0.25, 0.3) is 0 Å². The van der Waals surface area contributed by atoms with Gasteiger partial charge in [-0.2, -0.15) is 0 Å². The Hall–Kier alpha value is -3.92. The summed E-state index contributed by atoms with van der Waals surface area (Å²) in [5, 5.41) is 13.6. The Kier molecular flexibility index (Phi) is 6.74. The maximum atomic E-state index is 13.3. The molecule has 0 aliphatic carbocycles. The third-order valence-corrected chi connectivity index (χ3v) is 6.47. The molecule has 0 spiro atoms. The van der Waals surface area contributed by atoms with Crippen LogP contribution in [0.1, 0.15) is 5.56 Å². The molecule has 0 aromatic heterocycles. The third kappa shape index (κ3) is 5.03. The monoisotopic (exact) mass is 455 g/mol. The molecular formula is C22H21N3O6S. The Balaban J connectivity index is 1.93. The van der Waals surface area contributed by atoms with Crippen LogP contribution in [0.15, 0.2) is 77.7 Å². The number of nitro groups is 1. The molecule has 3 aromatic rings. The van der Waals surface area contributed by atoms with Crippen LogP contribution in [-0.2, 0) is 14.8 Å². The topological polar surface area (TPSA) is 119 Å². The second-order valence-electron chi connectivity index (χ2n) is 6.83. The van der Waals surface area contributed by atoms with Crippen molar-refractivity contribution in [2.24, 2.45) is 0 Å². The Bertz CT molecular complexity index is 1230. The fraction of sp³-hybridized carbons (Fsp3) is 0.136. The summed E-state index contributed by atoms with van der Waals surface area (Å²) in [4.78, 5) is 23.3. The minimum absolute atomic E-state index is 0.0125. The molecule has 0 heterocycles. The van der Waals surface area contributed by atoms with Crippen LogP contribution in [0.3, 0.4) is 0 Å². The molecule has 1 N–H and O–H groups in total. The third-order valence-electron chi connectivity index (χ3n) is 4.68. The minimum atomic E-state index is -4.09. The molecule has 32 heavy (non-hydrogen) atoms. The van der Waals surface area contributed by atoms with Crippen LogP contribution in [0.5, 0.6) is 5.75 Å². The number of ether oxygens (including phenoxy) is 1. The van der Waals surface area contributed by atoms with Crippen molar-refractivity contribution in [2.45, 2.75) is 11.8 Å². The van der Waals surface area contributed by atoms with Gasteiger partial charge in [0.15, 0.2) is 0 Å². The Morgan fingerprint density at radius 1 is 1.06 bits per heavy atom. The highest BCUT2D eigenvalue weighted by Crippen LogP contribution is 2.26. The van der Waals surface area contributed by atoms with Gasteiger partial charge < -0.3 is 10.1 Å². The number of para-hydroxylation sites is 1. The molecule has 10 heteroatoms. The number of rotatable bonds is 8. The zero-order chi connectivity index (χ0) is 23.3. The molecule has 0 atom stereocenters. The molecule has 0 bridgehead atoms. The number of methoxy groups -OCH3 is 1. The van der Waals surface area contributed by atoms with E-state index in [1.54, 1.807) is 37.3 Å². The Morgan fingerprint density at radius 3 is 2.31 bits per heavy atom. The summed E-state index contributed by atoms with van der Waals surface area (Å²) in [5.74, 6) is -0.149. The van der Waals surface area contributed by atoms with Crippen molar-refractivity contribution < 1.29 is 22.9 Å². The van der Waals surface area contributed by atoms with Gasteiger partial charge in [-0.25, -0.2) is 8.42 Å². The van der Waals surface area contributed by atoms with E-state index in [4.69, 9.17) is 4.74 Å². The first-order chi connectivity index (χ1) is 15.2. The summed E-state index contributed by atoms with van der Waals surface area (Å²) in [6.07, 6.45) is 0. The lowest BCUT2D eigenvalue weighted by atomic mass is 10.2. The fourth-order valence-corrected chi connectivity index (χ4v) is 4.38. The molecule has 3 aromatic carbocycles. The number of sulfonamides is 1. The van der Waals surface area contributed by atoms with Gasteiger partial charge in [-0.3, -0.25) is 19.2 Å². The molecule has 9 nitrogen and oxygen atoms in total. The number of hydrogen-bond donors (Lipinski definition) is 1. The molecule has 166 valence electrons. The summed E-state index contributed by atoms with van der Waals surface area (Å²) in [6.45, 7) is 1.16. The highest BCUT2D eigenvalue weighted by atomic mass is 32.2. The van der Waals surface area contributed by atoms with Crippen molar-refractivity contribution in [1.29, 1.82) is 0 Å². The molecule has 0 radical (unpaired) electrons. The van der Waals surface area contributed by atoms with Gasteiger partial charge in [-0.1, -0.05) is 24.3 Å². The summed E-state index contributed by atoms with van der Waals surface area (Å²) in [7, 11) is -2.62. The zero-order valence-corrected chi connectivity index (χ0v) is 18.2. The van der Waals surface area contributed by atoms with E-state index in [9.17, 15) is 23.3 Å². The maximum Gasteiger partial charge on any atom is 0.271 e. The van der Waals surface area contributed by atoms with E-state index in [0.29, 0.717) is 17.0 Å². The molecule has 0 aliphatic heterocycles. The van der Waals surface area contributed by atoms with Gasteiger partial charge in [0.2, 0.25) is 5.91 Å². The lowest BCUT2D eigenvalue weighted by Crippen LogP contribution is -2.38. The second-order valence-corrected chi connectivity index (χ2v) is 8.69. The van der Waals surface area contributed by atoms with Crippen LogP contribution in [0, 0.1) is 17.0 Å². The molecule has 0 fully saturated rings. The highest BCUT2D eigenvalue weighted by Gasteiger charge is 2.27. The smallest absolute Gasteiger partial charge is 0.271 e. The number of amides is 1. The zero-order valence-electron chi connectivity index (χ0n) is 17.4. The number of nitro benzene ring substituents is 1. The minimum Gasteiger partial charge on any atom is -0.497 e. The van der Waals surface area contributed by atoms with Crippen LogP contribution in [-0.4, -0.2) is 32.9 Å². The number of aryl methyl sites for hydroxylation is 1. The SMILES string of the molecule is COc1ccc(S(=O)(=O)N(CC(=O)Nc2cc([N+](=O)[O-])ccc2C)c2ccccc2)cc1. The van der Waals surface area contributed by atoms with Gasteiger partial charge in [-0.15, -0.1) is 0 Å². The van der Waals surface area contributed by atoms with Gasteiger partial charge >= 0.3 is 0 Å². The number of non-ortho nitro benzene ring substituents is 1. The molecule has 1 amide bonds. The van der Waals surface area contributed by atoms with Crippen LogP contribution < -0.4 is 14.4 Å². The van der Waals surface area contributed by atoms with Crippen LogP contribution >= 0.6 is 0 Å². The van der Waals surface area contributed by atoms with E-state index in [1.807, 2.05) is 0 Å². The first-order valence-corrected chi connectivity index (χ1v) is 10.9. The van der Waals surface area contributed by atoms with E-state index in [-0.39, 0.29) is 16.3 Å². The quantitative estimate of drug-likeness (QED) is 0.408. The molecule has 0 saturated heterocycles. The van der Waals surface area contributed by atoms with Crippen molar-refractivity contribution in [3.63, 3.8) is 0 Å². The largest absolute Gasteiger partial charge is 0.497 e. The average molecular weight is 455 g/mol. The van der Waals surface area contributed by atoms with Gasteiger partial charge in [0.25, 0.3) is 15.7 Å². The molecular weight excluding hydrogens is 434 g/mol. The van der Waals surface area contributed by atoms with Gasteiger partial charge in [0, 0.05) is 12.1 Å². The van der Waals surface area contributed by atoms with E-state index < -0.39 is 27.4 Å². The molecule has 0 saturated carbocycles. The molecule has 0 unspecified atom stereocenters. The van der Waals surface area contributed by atoms with Crippen LogP contribution in [0.4, 0.5) is 17.1 Å². The Morgan fingerprint density at radius 2 is 1.72 bits per heavy atom. The van der Waals surface area contributed by atoms with Crippen molar-refractivity contribution >= 4 is 33.0 Å². The number of benzene rings is 3. The first kappa shape index (κ1) is 22.8. The second kappa shape index (κ2) is 9.48. The predicted octanol–water partition coefficient (Wildman–Crippen LogP) is 3.75. The predicted molar refractivity (Wildman–Crippen MR) is 120 cm³/mol. The standard InChI is InChI=1S/C22H21N3O6S/c1-16-8-9-18(25(27)28)14-21(16)23-22(26)15-24(17-6-4-3-5-7-17)32(29,30)20-12-10-19(31-2)11-13-20/h3-14H,15H2,1-2H3,(H,23,26). The van der Waals surface area contributed by atoms with Crippen molar-refractivity contribution in [3.05, 3.63) is 88.5 Å². The van der Waals surface area contributed by atoms with Crippen molar-refractivity contribution in [1.82, 2.24) is 0 Å². The number of nitrogens with one attached hydrogen (secondary N) is 1. The van der Waals surface area contributed by atoms with Gasteiger partial charge in [0.05, 0.1) is 28.3 Å². The van der Waals surface area contributed by atoms with E-state index in [2.05, 4.69) is 5.32 Å².